The molecule has 0 aromatic heterocycles. The summed E-state index contributed by atoms with van der Waals surface area (Å²) in [6.07, 6.45) is 2.00. The van der Waals surface area contributed by atoms with Crippen LogP contribution in [0.2, 0.25) is 0 Å². The molecule has 1 N–H and O–H groups in total. The van der Waals surface area contributed by atoms with Crippen LogP contribution in [0.25, 0.3) is 5.57 Å². The van der Waals surface area contributed by atoms with Crippen molar-refractivity contribution < 1.29 is 9.84 Å². The van der Waals surface area contributed by atoms with E-state index < -0.39 is 0 Å². The molecule has 1 aromatic rings. The van der Waals surface area contributed by atoms with E-state index in [0.29, 0.717) is 6.61 Å². The monoisotopic (exact) mass is 162 g/mol. The van der Waals surface area contributed by atoms with Gasteiger partial charge in [0.15, 0.2) is 0 Å². The molecule has 12 heavy (non-hydrogen) atoms. The summed E-state index contributed by atoms with van der Waals surface area (Å²) in [6, 6.07) is 5.15. The molecule has 1 aromatic carbocycles. The number of hydrogen-bond donors (Lipinski definition) is 1. The Labute approximate surface area is 71.1 Å². The number of aromatic hydroxyl groups is 1. The van der Waals surface area contributed by atoms with Gasteiger partial charge < -0.3 is 9.84 Å². The summed E-state index contributed by atoms with van der Waals surface area (Å²) >= 11 is 0. The van der Waals surface area contributed by atoms with Gasteiger partial charge in [0.1, 0.15) is 18.1 Å². The summed E-state index contributed by atoms with van der Waals surface area (Å²) in [5.74, 6) is 1.14. The maximum atomic E-state index is 9.22. The van der Waals surface area contributed by atoms with Gasteiger partial charge in [0.05, 0.1) is 0 Å². The van der Waals surface area contributed by atoms with Crippen molar-refractivity contribution in [3.63, 3.8) is 0 Å². The first-order valence-electron chi connectivity index (χ1n) is 3.90. The molecule has 0 aliphatic carbocycles. The Hall–Kier alpha value is -1.44. The maximum absolute atomic E-state index is 9.22. The summed E-state index contributed by atoms with van der Waals surface area (Å²) in [7, 11) is 0. The zero-order valence-electron chi connectivity index (χ0n) is 6.87. The predicted molar refractivity (Wildman–Crippen MR) is 47.3 cm³/mol. The molecular weight excluding hydrogens is 152 g/mol. The molecule has 0 fully saturated rings. The fraction of sp³-hybridized carbons (Fsp3) is 0.200. The van der Waals surface area contributed by atoms with E-state index in [0.717, 1.165) is 16.9 Å². The average molecular weight is 162 g/mol. The van der Waals surface area contributed by atoms with Crippen molar-refractivity contribution in [2.45, 2.75) is 6.92 Å². The molecule has 2 rings (SSSR count). The quantitative estimate of drug-likeness (QED) is 0.633. The SMILES string of the molecule is CC1=CCOc2ccc(O)cc21. The average Bonchev–Trinajstić information content (AvgIpc) is 2.07. The molecular formula is C10H10O2. The van der Waals surface area contributed by atoms with E-state index in [2.05, 4.69) is 0 Å². The van der Waals surface area contributed by atoms with Crippen LogP contribution in [0.5, 0.6) is 11.5 Å². The van der Waals surface area contributed by atoms with Gasteiger partial charge in [-0.2, -0.15) is 0 Å². The van der Waals surface area contributed by atoms with E-state index >= 15 is 0 Å². The molecule has 1 aliphatic rings. The van der Waals surface area contributed by atoms with E-state index in [4.69, 9.17) is 4.74 Å². The Balaban J connectivity index is 2.58. The Morgan fingerprint density at radius 3 is 3.08 bits per heavy atom. The lowest BCUT2D eigenvalue weighted by atomic mass is 10.0. The highest BCUT2D eigenvalue weighted by Gasteiger charge is 2.10. The number of allylic oxidation sites excluding steroid dienone is 1. The van der Waals surface area contributed by atoms with Crippen LogP contribution in [0.4, 0.5) is 0 Å². The molecule has 0 unspecified atom stereocenters. The fourth-order valence-electron chi connectivity index (χ4n) is 1.32. The van der Waals surface area contributed by atoms with E-state index in [1.54, 1.807) is 18.2 Å². The van der Waals surface area contributed by atoms with E-state index in [-0.39, 0.29) is 5.75 Å². The molecule has 0 saturated carbocycles. The molecule has 62 valence electrons. The van der Waals surface area contributed by atoms with Crippen molar-refractivity contribution >= 4 is 5.57 Å². The Kier molecular flexibility index (Phi) is 1.54. The third-order valence-electron chi connectivity index (χ3n) is 2.02. The third kappa shape index (κ3) is 1.05. The smallest absolute Gasteiger partial charge is 0.127 e. The molecule has 0 amide bonds. The minimum absolute atomic E-state index is 0.284. The standard InChI is InChI=1S/C10H10O2/c1-7-4-5-12-10-3-2-8(11)6-9(7)10/h2-4,6,11H,5H2,1H3. The molecule has 0 saturated heterocycles. The Morgan fingerprint density at radius 1 is 1.42 bits per heavy atom. The lowest BCUT2D eigenvalue weighted by Gasteiger charge is -2.15. The lowest BCUT2D eigenvalue weighted by molar-refractivity contribution is 0.356. The van der Waals surface area contributed by atoms with Gasteiger partial charge in [0.2, 0.25) is 0 Å². The van der Waals surface area contributed by atoms with Gasteiger partial charge in [0, 0.05) is 5.56 Å². The van der Waals surface area contributed by atoms with E-state index in [9.17, 15) is 5.11 Å². The minimum Gasteiger partial charge on any atom is -0.508 e. The Bertz CT molecular complexity index is 340. The van der Waals surface area contributed by atoms with Gasteiger partial charge in [0.25, 0.3) is 0 Å². The molecule has 2 nitrogen and oxygen atoms in total. The number of rotatable bonds is 0. The summed E-state index contributed by atoms with van der Waals surface area (Å²) in [5.41, 5.74) is 2.15. The second-order valence-corrected chi connectivity index (χ2v) is 2.88. The van der Waals surface area contributed by atoms with Gasteiger partial charge in [-0.15, -0.1) is 0 Å². The molecule has 1 aliphatic heterocycles. The fourth-order valence-corrected chi connectivity index (χ4v) is 1.32. The van der Waals surface area contributed by atoms with Gasteiger partial charge in [-0.25, -0.2) is 0 Å². The highest BCUT2D eigenvalue weighted by molar-refractivity contribution is 5.71. The number of hydrogen-bond acceptors (Lipinski definition) is 2. The van der Waals surface area contributed by atoms with Crippen molar-refractivity contribution in [3.8, 4) is 11.5 Å². The highest BCUT2D eigenvalue weighted by atomic mass is 16.5. The molecule has 0 bridgehead atoms. The highest BCUT2D eigenvalue weighted by Crippen LogP contribution is 2.31. The van der Waals surface area contributed by atoms with Gasteiger partial charge in [-0.3, -0.25) is 0 Å². The predicted octanol–water partition coefficient (Wildman–Crippen LogP) is 2.19. The molecule has 0 spiro atoms. The zero-order chi connectivity index (χ0) is 8.55. The van der Waals surface area contributed by atoms with Crippen molar-refractivity contribution in [3.05, 3.63) is 29.8 Å². The number of fused-ring (bicyclic) bond motifs is 1. The number of phenolic OH excluding ortho intramolecular Hbond substituents is 1. The maximum Gasteiger partial charge on any atom is 0.127 e. The Morgan fingerprint density at radius 2 is 2.25 bits per heavy atom. The van der Waals surface area contributed by atoms with Gasteiger partial charge >= 0.3 is 0 Å². The lowest BCUT2D eigenvalue weighted by Crippen LogP contribution is -2.02. The molecule has 2 heteroatoms. The summed E-state index contributed by atoms with van der Waals surface area (Å²) in [6.45, 7) is 2.64. The molecule has 1 heterocycles. The van der Waals surface area contributed by atoms with Crippen molar-refractivity contribution in [1.29, 1.82) is 0 Å². The van der Waals surface area contributed by atoms with Gasteiger partial charge in [-0.1, -0.05) is 0 Å². The summed E-state index contributed by atoms with van der Waals surface area (Å²) < 4.78 is 5.36. The topological polar surface area (TPSA) is 29.5 Å². The summed E-state index contributed by atoms with van der Waals surface area (Å²) in [5, 5.41) is 9.22. The van der Waals surface area contributed by atoms with Crippen LogP contribution in [0.15, 0.2) is 24.3 Å². The van der Waals surface area contributed by atoms with Crippen LogP contribution in [-0.2, 0) is 0 Å². The van der Waals surface area contributed by atoms with Crippen LogP contribution in [0.1, 0.15) is 12.5 Å². The van der Waals surface area contributed by atoms with Crippen LogP contribution in [0, 0.1) is 0 Å². The van der Waals surface area contributed by atoms with Crippen molar-refractivity contribution in [2.75, 3.05) is 6.61 Å². The molecule has 0 radical (unpaired) electrons. The van der Waals surface area contributed by atoms with E-state index in [1.165, 1.54) is 0 Å². The third-order valence-corrected chi connectivity index (χ3v) is 2.02. The molecule has 0 atom stereocenters. The largest absolute Gasteiger partial charge is 0.508 e. The van der Waals surface area contributed by atoms with Crippen molar-refractivity contribution in [1.82, 2.24) is 0 Å². The van der Waals surface area contributed by atoms with Crippen molar-refractivity contribution in [2.24, 2.45) is 0 Å². The van der Waals surface area contributed by atoms with Gasteiger partial charge in [-0.05, 0) is 36.8 Å². The van der Waals surface area contributed by atoms with E-state index in [1.807, 2.05) is 13.0 Å². The van der Waals surface area contributed by atoms with Crippen LogP contribution in [-0.4, -0.2) is 11.7 Å². The first kappa shape index (κ1) is 7.22. The second kappa shape index (κ2) is 2.55. The number of ether oxygens (including phenoxy) is 1. The van der Waals surface area contributed by atoms with Crippen LogP contribution in [0.3, 0.4) is 0 Å². The first-order valence-corrected chi connectivity index (χ1v) is 3.90. The number of phenols is 1. The summed E-state index contributed by atoms with van der Waals surface area (Å²) in [4.78, 5) is 0. The normalized spacial score (nSPS) is 14.6. The van der Waals surface area contributed by atoms with Crippen LogP contribution >= 0.6 is 0 Å². The van der Waals surface area contributed by atoms with Crippen LogP contribution < -0.4 is 4.74 Å². The first-order chi connectivity index (χ1) is 5.77. The number of benzene rings is 1. The zero-order valence-corrected chi connectivity index (χ0v) is 6.87. The minimum atomic E-state index is 0.284. The second-order valence-electron chi connectivity index (χ2n) is 2.88.